The first kappa shape index (κ1) is 16.5. The standard InChI is InChI=1S/C16H26N4O2/c1-16(2,3)22-15(21)20-14-8-7-13(11-19-14)18-10-12-6-4-5-9-17-12/h7-8,11-12,17-18H,4-6,9-10H2,1-3H3,(H,19,20,21). The van der Waals surface area contributed by atoms with Crippen LogP contribution < -0.4 is 16.0 Å². The van der Waals surface area contributed by atoms with Crippen LogP contribution in [-0.4, -0.2) is 35.8 Å². The van der Waals surface area contributed by atoms with Gasteiger partial charge < -0.3 is 15.4 Å². The Morgan fingerprint density at radius 2 is 2.23 bits per heavy atom. The number of carbonyl (C=O) groups is 1. The molecule has 6 heteroatoms. The first-order valence-electron chi connectivity index (χ1n) is 7.86. The van der Waals surface area contributed by atoms with Gasteiger partial charge in [0, 0.05) is 12.6 Å². The van der Waals surface area contributed by atoms with Crippen molar-refractivity contribution in [3.05, 3.63) is 18.3 Å². The first-order valence-corrected chi connectivity index (χ1v) is 7.86. The van der Waals surface area contributed by atoms with Crippen LogP contribution in [0.25, 0.3) is 0 Å². The summed E-state index contributed by atoms with van der Waals surface area (Å²) in [6.45, 7) is 7.47. The number of nitrogens with one attached hydrogen (secondary N) is 3. The summed E-state index contributed by atoms with van der Waals surface area (Å²) < 4.78 is 5.18. The smallest absolute Gasteiger partial charge is 0.413 e. The first-order chi connectivity index (χ1) is 10.4. The van der Waals surface area contributed by atoms with E-state index in [1.807, 2.05) is 26.8 Å². The SMILES string of the molecule is CC(C)(C)OC(=O)Nc1ccc(NCC2CCCCN2)cn1. The third-order valence-corrected chi connectivity index (χ3v) is 3.36. The molecule has 2 heterocycles. The number of piperidine rings is 1. The van der Waals surface area contributed by atoms with Gasteiger partial charge in [0.2, 0.25) is 0 Å². The maximum absolute atomic E-state index is 11.6. The van der Waals surface area contributed by atoms with Crippen molar-refractivity contribution in [2.45, 2.75) is 51.7 Å². The second kappa shape index (κ2) is 7.45. The van der Waals surface area contributed by atoms with Crippen LogP contribution in [0.4, 0.5) is 16.3 Å². The van der Waals surface area contributed by atoms with Gasteiger partial charge in [-0.25, -0.2) is 9.78 Å². The number of nitrogens with zero attached hydrogens (tertiary/aromatic N) is 1. The zero-order valence-corrected chi connectivity index (χ0v) is 13.6. The highest BCUT2D eigenvalue weighted by molar-refractivity contribution is 5.83. The Hall–Kier alpha value is -1.82. The van der Waals surface area contributed by atoms with E-state index in [-0.39, 0.29) is 0 Å². The number of aromatic nitrogens is 1. The lowest BCUT2D eigenvalue weighted by molar-refractivity contribution is 0.0635. The molecule has 0 bridgehead atoms. The summed E-state index contributed by atoms with van der Waals surface area (Å²) in [4.78, 5) is 15.9. The van der Waals surface area contributed by atoms with Gasteiger partial charge in [0.05, 0.1) is 11.9 Å². The molecule has 1 amide bonds. The Labute approximate surface area is 132 Å². The van der Waals surface area contributed by atoms with E-state index in [1.54, 1.807) is 12.3 Å². The van der Waals surface area contributed by atoms with E-state index in [2.05, 4.69) is 20.9 Å². The Morgan fingerprint density at radius 3 is 2.82 bits per heavy atom. The van der Waals surface area contributed by atoms with Crippen LogP contribution in [0, 0.1) is 0 Å². The molecule has 2 rings (SSSR count). The molecular weight excluding hydrogens is 280 g/mol. The summed E-state index contributed by atoms with van der Waals surface area (Å²) >= 11 is 0. The van der Waals surface area contributed by atoms with Gasteiger partial charge in [-0.3, -0.25) is 5.32 Å². The summed E-state index contributed by atoms with van der Waals surface area (Å²) in [6.07, 6.45) is 4.99. The summed E-state index contributed by atoms with van der Waals surface area (Å²) in [5.74, 6) is 0.482. The normalized spacial score (nSPS) is 18.6. The molecule has 1 aliphatic heterocycles. The van der Waals surface area contributed by atoms with Crippen LogP contribution in [0.1, 0.15) is 40.0 Å². The molecular formula is C16H26N4O2. The second-order valence-electron chi connectivity index (χ2n) is 6.59. The highest BCUT2D eigenvalue weighted by Gasteiger charge is 2.16. The average Bonchev–Trinajstić information content (AvgIpc) is 2.45. The van der Waals surface area contributed by atoms with Crippen LogP contribution in [0.5, 0.6) is 0 Å². The van der Waals surface area contributed by atoms with Crippen molar-refractivity contribution in [2.75, 3.05) is 23.7 Å². The number of pyridine rings is 1. The van der Waals surface area contributed by atoms with Crippen LogP contribution in [-0.2, 0) is 4.74 Å². The predicted molar refractivity (Wildman–Crippen MR) is 88.2 cm³/mol. The lowest BCUT2D eigenvalue weighted by Gasteiger charge is -2.24. The number of hydrogen-bond acceptors (Lipinski definition) is 5. The minimum Gasteiger partial charge on any atom is -0.444 e. The van der Waals surface area contributed by atoms with E-state index in [0.29, 0.717) is 11.9 Å². The van der Waals surface area contributed by atoms with Crippen molar-refractivity contribution in [1.29, 1.82) is 0 Å². The summed E-state index contributed by atoms with van der Waals surface area (Å²) in [7, 11) is 0. The minimum absolute atomic E-state index is 0.482. The molecule has 1 unspecified atom stereocenters. The van der Waals surface area contributed by atoms with Crippen LogP contribution in [0.2, 0.25) is 0 Å². The van der Waals surface area contributed by atoms with Gasteiger partial charge in [-0.05, 0) is 52.3 Å². The van der Waals surface area contributed by atoms with Gasteiger partial charge in [0.25, 0.3) is 0 Å². The fourth-order valence-corrected chi connectivity index (χ4v) is 2.32. The molecule has 0 aromatic carbocycles. The zero-order valence-electron chi connectivity index (χ0n) is 13.6. The molecule has 0 radical (unpaired) electrons. The molecule has 0 spiro atoms. The maximum Gasteiger partial charge on any atom is 0.413 e. The van der Waals surface area contributed by atoms with Gasteiger partial charge in [0.1, 0.15) is 11.4 Å². The molecule has 1 aliphatic rings. The van der Waals surface area contributed by atoms with E-state index < -0.39 is 11.7 Å². The average molecular weight is 306 g/mol. The molecule has 1 aromatic heterocycles. The zero-order chi connectivity index (χ0) is 16.0. The summed E-state index contributed by atoms with van der Waals surface area (Å²) in [5, 5.41) is 9.48. The van der Waals surface area contributed by atoms with Crippen molar-refractivity contribution in [3.63, 3.8) is 0 Å². The molecule has 0 saturated carbocycles. The van der Waals surface area contributed by atoms with Gasteiger partial charge in [-0.15, -0.1) is 0 Å². The van der Waals surface area contributed by atoms with E-state index in [4.69, 9.17) is 4.74 Å². The number of ether oxygens (including phenoxy) is 1. The molecule has 122 valence electrons. The predicted octanol–water partition coefficient (Wildman–Crippen LogP) is 2.98. The lowest BCUT2D eigenvalue weighted by Crippen LogP contribution is -2.39. The lowest BCUT2D eigenvalue weighted by atomic mass is 10.1. The maximum atomic E-state index is 11.6. The molecule has 1 fully saturated rings. The molecule has 0 aliphatic carbocycles. The molecule has 1 atom stereocenters. The monoisotopic (exact) mass is 306 g/mol. The van der Waals surface area contributed by atoms with Crippen molar-refractivity contribution >= 4 is 17.6 Å². The van der Waals surface area contributed by atoms with E-state index in [9.17, 15) is 4.79 Å². The van der Waals surface area contributed by atoms with Crippen molar-refractivity contribution in [1.82, 2.24) is 10.3 Å². The summed E-state index contributed by atoms with van der Waals surface area (Å²) in [5.41, 5.74) is 0.431. The quantitative estimate of drug-likeness (QED) is 0.797. The van der Waals surface area contributed by atoms with E-state index >= 15 is 0 Å². The van der Waals surface area contributed by atoms with Crippen molar-refractivity contribution in [2.24, 2.45) is 0 Å². The number of hydrogen-bond donors (Lipinski definition) is 3. The molecule has 3 N–H and O–H groups in total. The second-order valence-corrected chi connectivity index (χ2v) is 6.59. The van der Waals surface area contributed by atoms with Gasteiger partial charge >= 0.3 is 6.09 Å². The summed E-state index contributed by atoms with van der Waals surface area (Å²) in [6, 6.07) is 4.19. The number of amides is 1. The molecule has 22 heavy (non-hydrogen) atoms. The van der Waals surface area contributed by atoms with Gasteiger partial charge in [-0.2, -0.15) is 0 Å². The largest absolute Gasteiger partial charge is 0.444 e. The Balaban J connectivity index is 1.78. The van der Waals surface area contributed by atoms with Crippen LogP contribution >= 0.6 is 0 Å². The molecule has 1 saturated heterocycles. The fourth-order valence-electron chi connectivity index (χ4n) is 2.32. The Bertz CT molecular complexity index is 476. The molecule has 6 nitrogen and oxygen atoms in total. The number of anilines is 2. The Morgan fingerprint density at radius 1 is 1.41 bits per heavy atom. The topological polar surface area (TPSA) is 75.3 Å². The van der Waals surface area contributed by atoms with Crippen LogP contribution in [0.3, 0.4) is 0 Å². The van der Waals surface area contributed by atoms with Gasteiger partial charge in [-0.1, -0.05) is 6.42 Å². The number of rotatable bonds is 4. The van der Waals surface area contributed by atoms with Crippen molar-refractivity contribution < 1.29 is 9.53 Å². The van der Waals surface area contributed by atoms with Gasteiger partial charge in [0.15, 0.2) is 0 Å². The number of carbonyl (C=O) groups excluding carboxylic acids is 1. The van der Waals surface area contributed by atoms with Crippen molar-refractivity contribution in [3.8, 4) is 0 Å². The fraction of sp³-hybridized carbons (Fsp3) is 0.625. The minimum atomic E-state index is -0.515. The third kappa shape index (κ3) is 5.89. The highest BCUT2D eigenvalue weighted by Crippen LogP contribution is 2.13. The highest BCUT2D eigenvalue weighted by atomic mass is 16.6. The Kier molecular flexibility index (Phi) is 5.60. The third-order valence-electron chi connectivity index (χ3n) is 3.36. The van der Waals surface area contributed by atoms with Crippen LogP contribution in [0.15, 0.2) is 18.3 Å². The van der Waals surface area contributed by atoms with E-state index in [0.717, 1.165) is 18.8 Å². The van der Waals surface area contributed by atoms with E-state index in [1.165, 1.54) is 19.3 Å². The molecule has 1 aromatic rings.